The fraction of sp³-hybridized carbons (Fsp3) is 0.471. The summed E-state index contributed by atoms with van der Waals surface area (Å²) >= 11 is 0. The first kappa shape index (κ1) is 18.7. The largest absolute Gasteiger partial charge is 0.501 e. The third-order valence-corrected chi connectivity index (χ3v) is 3.43. The van der Waals surface area contributed by atoms with Gasteiger partial charge in [0.15, 0.2) is 0 Å². The van der Waals surface area contributed by atoms with Gasteiger partial charge in [-0.3, -0.25) is 0 Å². The van der Waals surface area contributed by atoms with E-state index >= 15 is 0 Å². The van der Waals surface area contributed by atoms with Gasteiger partial charge in [-0.15, -0.1) is 0 Å². The van der Waals surface area contributed by atoms with Gasteiger partial charge in [0.2, 0.25) is 0 Å². The van der Waals surface area contributed by atoms with Crippen LogP contribution in [0.3, 0.4) is 0 Å². The van der Waals surface area contributed by atoms with Crippen molar-refractivity contribution in [1.29, 1.82) is 0 Å². The molecule has 6 nitrogen and oxygen atoms in total. The van der Waals surface area contributed by atoms with Gasteiger partial charge in [0.1, 0.15) is 11.5 Å². The topological polar surface area (TPSA) is 77.0 Å². The maximum absolute atomic E-state index is 10.8. The fourth-order valence-electron chi connectivity index (χ4n) is 2.23. The minimum atomic E-state index is -1.03. The summed E-state index contributed by atoms with van der Waals surface area (Å²) in [4.78, 5) is 10.8. The third-order valence-electron chi connectivity index (χ3n) is 3.43. The van der Waals surface area contributed by atoms with E-state index in [1.807, 2.05) is 26.0 Å². The summed E-state index contributed by atoms with van der Waals surface area (Å²) in [6, 6.07) is 3.55. The molecule has 1 aromatic carbocycles. The highest BCUT2D eigenvalue weighted by atomic mass is 16.5. The molecule has 1 amide bonds. The Balaban J connectivity index is 3.09. The van der Waals surface area contributed by atoms with Crippen LogP contribution in [0, 0.1) is 0 Å². The number of amides is 1. The normalized spacial score (nSPS) is 12.0. The summed E-state index contributed by atoms with van der Waals surface area (Å²) in [5.41, 5.74) is 1.72. The monoisotopic (exact) mass is 323 g/mol. The molecule has 1 unspecified atom stereocenters. The Kier molecular flexibility index (Phi) is 7.80. The van der Waals surface area contributed by atoms with Crippen molar-refractivity contribution in [2.24, 2.45) is 0 Å². The molecule has 0 aliphatic carbocycles. The average Bonchev–Trinajstić information content (AvgIpc) is 2.54. The Bertz CT molecular complexity index is 542. The number of carboxylic acid groups (broad SMARTS) is 1. The van der Waals surface area contributed by atoms with Crippen molar-refractivity contribution < 1.29 is 24.1 Å². The molecule has 1 atom stereocenters. The molecule has 0 radical (unpaired) electrons. The zero-order valence-electron chi connectivity index (χ0n) is 14.1. The molecule has 6 heteroatoms. The second kappa shape index (κ2) is 9.61. The van der Waals surface area contributed by atoms with Crippen LogP contribution in [-0.2, 0) is 11.2 Å². The van der Waals surface area contributed by atoms with E-state index in [0.29, 0.717) is 30.9 Å². The fourth-order valence-corrected chi connectivity index (χ4v) is 2.23. The lowest BCUT2D eigenvalue weighted by atomic mass is 10.0. The lowest BCUT2D eigenvalue weighted by molar-refractivity contribution is 0.189. The maximum atomic E-state index is 10.8. The van der Waals surface area contributed by atoms with Gasteiger partial charge in [-0.25, -0.2) is 4.79 Å². The van der Waals surface area contributed by atoms with Gasteiger partial charge < -0.3 is 24.6 Å². The van der Waals surface area contributed by atoms with Crippen molar-refractivity contribution in [2.45, 2.75) is 32.7 Å². The van der Waals surface area contributed by atoms with Crippen LogP contribution >= 0.6 is 0 Å². The first-order chi connectivity index (χ1) is 11.0. The van der Waals surface area contributed by atoms with Gasteiger partial charge >= 0.3 is 6.09 Å². The third kappa shape index (κ3) is 5.73. The van der Waals surface area contributed by atoms with E-state index in [9.17, 15) is 4.79 Å². The molecular weight excluding hydrogens is 298 g/mol. The van der Waals surface area contributed by atoms with E-state index in [2.05, 4.69) is 5.32 Å². The van der Waals surface area contributed by atoms with E-state index < -0.39 is 6.09 Å². The van der Waals surface area contributed by atoms with Crippen molar-refractivity contribution in [2.75, 3.05) is 20.8 Å². The molecule has 0 saturated heterocycles. The molecular formula is C17H25NO5. The number of hydrogen-bond donors (Lipinski definition) is 2. The van der Waals surface area contributed by atoms with Gasteiger partial charge in [0.05, 0.1) is 27.1 Å². The molecule has 0 aromatic heterocycles. The summed E-state index contributed by atoms with van der Waals surface area (Å²) in [5.74, 6) is 1.37. The number of methoxy groups -OCH3 is 2. The van der Waals surface area contributed by atoms with Gasteiger partial charge in [0.25, 0.3) is 0 Å². The highest BCUT2D eigenvalue weighted by Crippen LogP contribution is 2.31. The molecule has 0 aliphatic rings. The Morgan fingerprint density at radius 3 is 2.48 bits per heavy atom. The van der Waals surface area contributed by atoms with E-state index in [1.165, 1.54) is 0 Å². The molecule has 23 heavy (non-hydrogen) atoms. The molecule has 0 aliphatic heterocycles. The van der Waals surface area contributed by atoms with E-state index in [-0.39, 0.29) is 6.04 Å². The number of ether oxygens (including phenoxy) is 3. The van der Waals surface area contributed by atoms with Crippen molar-refractivity contribution in [3.63, 3.8) is 0 Å². The molecule has 0 spiro atoms. The first-order valence-electron chi connectivity index (χ1n) is 7.58. The minimum Gasteiger partial charge on any atom is -0.501 e. The van der Waals surface area contributed by atoms with Crippen LogP contribution in [-0.4, -0.2) is 38.1 Å². The number of rotatable bonds is 9. The van der Waals surface area contributed by atoms with Crippen LogP contribution in [0.25, 0.3) is 6.08 Å². The van der Waals surface area contributed by atoms with E-state index in [1.54, 1.807) is 26.6 Å². The lowest BCUT2D eigenvalue weighted by Crippen LogP contribution is -2.34. The van der Waals surface area contributed by atoms with Crippen LogP contribution in [0.4, 0.5) is 4.79 Å². The Morgan fingerprint density at radius 1 is 1.26 bits per heavy atom. The second-order valence-corrected chi connectivity index (χ2v) is 4.92. The molecule has 1 rings (SSSR count). The molecule has 1 aromatic rings. The summed E-state index contributed by atoms with van der Waals surface area (Å²) in [7, 11) is 3.18. The van der Waals surface area contributed by atoms with Gasteiger partial charge in [-0.1, -0.05) is 6.92 Å². The summed E-state index contributed by atoms with van der Waals surface area (Å²) in [6.45, 7) is 4.43. The van der Waals surface area contributed by atoms with E-state index in [0.717, 1.165) is 11.1 Å². The standard InChI is InChI=1S/C17H25NO5/c1-5-14(18-17(19)20)9-13-11-15(21-3)12(7-8-23-6-2)10-16(13)22-4/h7-8,10-11,14,18H,5-6,9H2,1-4H3,(H,19,20)/b8-7+. The molecule has 0 bridgehead atoms. The van der Waals surface area contributed by atoms with Gasteiger partial charge in [-0.05, 0) is 43.5 Å². The summed E-state index contributed by atoms with van der Waals surface area (Å²) < 4.78 is 16.1. The number of benzene rings is 1. The highest BCUT2D eigenvalue weighted by molar-refractivity contribution is 5.65. The van der Waals surface area contributed by atoms with Crippen LogP contribution < -0.4 is 14.8 Å². The van der Waals surface area contributed by atoms with Crippen molar-refractivity contribution in [1.82, 2.24) is 5.32 Å². The Morgan fingerprint density at radius 2 is 1.96 bits per heavy atom. The molecule has 0 saturated carbocycles. The quantitative estimate of drug-likeness (QED) is 0.682. The predicted octanol–water partition coefficient (Wildman–Crippen LogP) is 3.30. The lowest BCUT2D eigenvalue weighted by Gasteiger charge is -2.18. The Labute approximate surface area is 137 Å². The van der Waals surface area contributed by atoms with Crippen LogP contribution in [0.5, 0.6) is 11.5 Å². The maximum Gasteiger partial charge on any atom is 0.404 e. The van der Waals surface area contributed by atoms with Crippen LogP contribution in [0.1, 0.15) is 31.4 Å². The number of nitrogens with one attached hydrogen (secondary N) is 1. The molecule has 128 valence electrons. The van der Waals surface area contributed by atoms with Gasteiger partial charge in [-0.2, -0.15) is 0 Å². The number of hydrogen-bond acceptors (Lipinski definition) is 4. The molecule has 0 fully saturated rings. The van der Waals surface area contributed by atoms with Crippen molar-refractivity contribution in [3.05, 3.63) is 29.5 Å². The smallest absolute Gasteiger partial charge is 0.404 e. The summed E-state index contributed by atoms with van der Waals surface area (Å²) in [5, 5.41) is 11.4. The highest BCUT2D eigenvalue weighted by Gasteiger charge is 2.16. The SMILES string of the molecule is CCO/C=C/c1cc(OC)c(CC(CC)NC(=O)O)cc1OC. The zero-order valence-corrected chi connectivity index (χ0v) is 14.1. The summed E-state index contributed by atoms with van der Waals surface area (Å²) in [6.07, 6.45) is 3.60. The second-order valence-electron chi connectivity index (χ2n) is 4.92. The first-order valence-corrected chi connectivity index (χ1v) is 7.58. The number of carbonyl (C=O) groups is 1. The predicted molar refractivity (Wildman–Crippen MR) is 89.1 cm³/mol. The molecule has 0 heterocycles. The Hall–Kier alpha value is -2.37. The average molecular weight is 323 g/mol. The van der Waals surface area contributed by atoms with Crippen LogP contribution in [0.2, 0.25) is 0 Å². The zero-order chi connectivity index (χ0) is 17.2. The van der Waals surface area contributed by atoms with E-state index in [4.69, 9.17) is 19.3 Å². The van der Waals surface area contributed by atoms with Crippen LogP contribution in [0.15, 0.2) is 18.4 Å². The van der Waals surface area contributed by atoms with Crippen molar-refractivity contribution >= 4 is 12.2 Å². The molecule has 2 N–H and O–H groups in total. The minimum absolute atomic E-state index is 0.184. The van der Waals surface area contributed by atoms with Gasteiger partial charge in [0, 0.05) is 11.6 Å². The van der Waals surface area contributed by atoms with Crippen molar-refractivity contribution in [3.8, 4) is 11.5 Å².